The zero-order chi connectivity index (χ0) is 12.6. The van der Waals surface area contributed by atoms with Gasteiger partial charge in [0.2, 0.25) is 5.78 Å². The Morgan fingerprint density at radius 1 is 1.12 bits per heavy atom. The number of aryl methyl sites for hydroxylation is 3. The van der Waals surface area contributed by atoms with Gasteiger partial charge in [-0.3, -0.25) is 4.79 Å². The molecule has 1 heterocycles. The number of carbonyl (C=O) groups excluding carboxylic acids is 1. The monoisotopic (exact) mass is 308 g/mol. The average molecular weight is 309 g/mol. The maximum absolute atomic E-state index is 12.4. The van der Waals surface area contributed by atoms with Crippen LogP contribution in [0.25, 0.3) is 0 Å². The fraction of sp³-hybridized carbons (Fsp3) is 0.214. The SMILES string of the molecule is Cc1cc(C(=O)c2sccc2C)c(C)cc1Br. The van der Waals surface area contributed by atoms with Crippen molar-refractivity contribution in [1.82, 2.24) is 0 Å². The van der Waals surface area contributed by atoms with Gasteiger partial charge in [0, 0.05) is 10.0 Å². The summed E-state index contributed by atoms with van der Waals surface area (Å²) in [5.74, 6) is 0.130. The van der Waals surface area contributed by atoms with Crippen LogP contribution >= 0.6 is 27.3 Å². The molecule has 0 fully saturated rings. The quantitative estimate of drug-likeness (QED) is 0.737. The standard InChI is InChI=1S/C14H13BrOS/c1-8-4-5-17-14(8)13(16)11-6-10(3)12(15)7-9(11)2/h4-7H,1-3H3. The van der Waals surface area contributed by atoms with Crippen molar-refractivity contribution in [1.29, 1.82) is 0 Å². The van der Waals surface area contributed by atoms with Crippen molar-refractivity contribution in [3.63, 3.8) is 0 Å². The Bertz CT molecular complexity index is 584. The van der Waals surface area contributed by atoms with Gasteiger partial charge in [0.25, 0.3) is 0 Å². The van der Waals surface area contributed by atoms with Crippen LogP contribution in [0.1, 0.15) is 31.9 Å². The smallest absolute Gasteiger partial charge is 0.203 e. The van der Waals surface area contributed by atoms with Gasteiger partial charge in [-0.05, 0) is 61.0 Å². The van der Waals surface area contributed by atoms with Gasteiger partial charge >= 0.3 is 0 Å². The number of thiophene rings is 1. The van der Waals surface area contributed by atoms with Gasteiger partial charge < -0.3 is 0 Å². The Kier molecular flexibility index (Phi) is 3.50. The van der Waals surface area contributed by atoms with E-state index in [1.54, 1.807) is 0 Å². The molecule has 88 valence electrons. The van der Waals surface area contributed by atoms with Crippen molar-refractivity contribution >= 4 is 33.0 Å². The molecule has 1 aromatic carbocycles. The molecule has 0 saturated carbocycles. The van der Waals surface area contributed by atoms with Gasteiger partial charge in [0.1, 0.15) is 0 Å². The molecule has 0 atom stereocenters. The van der Waals surface area contributed by atoms with E-state index in [1.165, 1.54) is 11.3 Å². The first-order valence-electron chi connectivity index (χ1n) is 5.36. The molecule has 0 amide bonds. The Labute approximate surface area is 114 Å². The van der Waals surface area contributed by atoms with E-state index in [4.69, 9.17) is 0 Å². The van der Waals surface area contributed by atoms with Crippen LogP contribution in [0.4, 0.5) is 0 Å². The average Bonchev–Trinajstić information content (AvgIpc) is 2.69. The molecular formula is C14H13BrOS. The lowest BCUT2D eigenvalue weighted by molar-refractivity contribution is 0.104. The topological polar surface area (TPSA) is 17.1 Å². The van der Waals surface area contributed by atoms with Gasteiger partial charge in [-0.2, -0.15) is 0 Å². The fourth-order valence-corrected chi connectivity index (χ4v) is 3.09. The summed E-state index contributed by atoms with van der Waals surface area (Å²) in [5.41, 5.74) is 3.96. The Hall–Kier alpha value is -0.930. The van der Waals surface area contributed by atoms with Crippen LogP contribution in [-0.4, -0.2) is 5.78 Å². The van der Waals surface area contributed by atoms with Crippen LogP contribution in [0.15, 0.2) is 28.1 Å². The minimum absolute atomic E-state index is 0.130. The van der Waals surface area contributed by atoms with Gasteiger partial charge in [-0.25, -0.2) is 0 Å². The maximum atomic E-state index is 12.4. The maximum Gasteiger partial charge on any atom is 0.203 e. The summed E-state index contributed by atoms with van der Waals surface area (Å²) in [6, 6.07) is 5.95. The van der Waals surface area contributed by atoms with Crippen LogP contribution < -0.4 is 0 Å². The summed E-state index contributed by atoms with van der Waals surface area (Å²) in [6.45, 7) is 5.95. The van der Waals surface area contributed by atoms with Gasteiger partial charge in [-0.15, -0.1) is 11.3 Å². The Morgan fingerprint density at radius 2 is 1.82 bits per heavy atom. The highest BCUT2D eigenvalue weighted by Gasteiger charge is 2.16. The predicted molar refractivity (Wildman–Crippen MR) is 76.1 cm³/mol. The molecule has 0 bridgehead atoms. The first kappa shape index (κ1) is 12.5. The first-order chi connectivity index (χ1) is 8.00. The second-order valence-electron chi connectivity index (χ2n) is 4.18. The van der Waals surface area contributed by atoms with E-state index in [-0.39, 0.29) is 5.78 Å². The van der Waals surface area contributed by atoms with E-state index in [0.29, 0.717) is 0 Å². The Morgan fingerprint density at radius 3 is 2.41 bits per heavy atom. The number of rotatable bonds is 2. The summed E-state index contributed by atoms with van der Waals surface area (Å²) < 4.78 is 1.05. The molecule has 0 aliphatic heterocycles. The normalized spacial score (nSPS) is 10.6. The molecule has 0 saturated heterocycles. The third kappa shape index (κ3) is 2.35. The number of carbonyl (C=O) groups is 1. The predicted octanol–water partition coefficient (Wildman–Crippen LogP) is 4.67. The number of benzene rings is 1. The van der Waals surface area contributed by atoms with E-state index in [9.17, 15) is 4.79 Å². The number of hydrogen-bond donors (Lipinski definition) is 0. The lowest BCUT2D eigenvalue weighted by atomic mass is 10.00. The Balaban J connectivity index is 2.52. The molecular weight excluding hydrogens is 296 g/mol. The molecule has 0 aliphatic carbocycles. The van der Waals surface area contributed by atoms with Crippen molar-refractivity contribution in [2.24, 2.45) is 0 Å². The molecule has 0 aliphatic rings. The van der Waals surface area contributed by atoms with Crippen molar-refractivity contribution in [3.8, 4) is 0 Å². The summed E-state index contributed by atoms with van der Waals surface area (Å²) in [5, 5.41) is 1.96. The van der Waals surface area contributed by atoms with Crippen molar-refractivity contribution in [2.45, 2.75) is 20.8 Å². The van der Waals surface area contributed by atoms with E-state index in [0.717, 1.165) is 31.6 Å². The largest absolute Gasteiger partial charge is 0.288 e. The third-order valence-electron chi connectivity index (χ3n) is 2.82. The van der Waals surface area contributed by atoms with E-state index in [2.05, 4.69) is 15.9 Å². The lowest BCUT2D eigenvalue weighted by Crippen LogP contribution is -2.03. The molecule has 1 aromatic heterocycles. The molecule has 0 unspecified atom stereocenters. The van der Waals surface area contributed by atoms with Crippen molar-refractivity contribution < 1.29 is 4.79 Å². The molecule has 2 aromatic rings. The molecule has 1 nitrogen and oxygen atoms in total. The fourth-order valence-electron chi connectivity index (χ4n) is 1.75. The van der Waals surface area contributed by atoms with Crippen LogP contribution in [0.5, 0.6) is 0 Å². The van der Waals surface area contributed by atoms with Crippen LogP contribution in [-0.2, 0) is 0 Å². The zero-order valence-electron chi connectivity index (χ0n) is 10.0. The zero-order valence-corrected chi connectivity index (χ0v) is 12.4. The highest BCUT2D eigenvalue weighted by Crippen LogP contribution is 2.26. The summed E-state index contributed by atoms with van der Waals surface area (Å²) >= 11 is 4.99. The number of halogens is 1. The number of ketones is 1. The van der Waals surface area contributed by atoms with E-state index >= 15 is 0 Å². The third-order valence-corrected chi connectivity index (χ3v) is 4.69. The summed E-state index contributed by atoms with van der Waals surface area (Å²) in [6.07, 6.45) is 0. The molecule has 17 heavy (non-hydrogen) atoms. The molecule has 2 rings (SSSR count). The molecule has 3 heteroatoms. The minimum atomic E-state index is 0.130. The van der Waals surface area contributed by atoms with Crippen molar-refractivity contribution in [2.75, 3.05) is 0 Å². The minimum Gasteiger partial charge on any atom is -0.288 e. The second-order valence-corrected chi connectivity index (χ2v) is 5.95. The van der Waals surface area contributed by atoms with Crippen LogP contribution in [0, 0.1) is 20.8 Å². The highest BCUT2D eigenvalue weighted by atomic mass is 79.9. The summed E-state index contributed by atoms with van der Waals surface area (Å²) in [7, 11) is 0. The van der Waals surface area contributed by atoms with Crippen molar-refractivity contribution in [3.05, 3.63) is 55.2 Å². The molecule has 0 radical (unpaired) electrons. The van der Waals surface area contributed by atoms with Gasteiger partial charge in [-0.1, -0.05) is 15.9 Å². The second kappa shape index (κ2) is 4.75. The summed E-state index contributed by atoms with van der Waals surface area (Å²) in [4.78, 5) is 13.3. The highest BCUT2D eigenvalue weighted by molar-refractivity contribution is 9.10. The van der Waals surface area contributed by atoms with Crippen LogP contribution in [0.2, 0.25) is 0 Å². The molecule has 0 N–H and O–H groups in total. The number of hydrogen-bond acceptors (Lipinski definition) is 2. The first-order valence-corrected chi connectivity index (χ1v) is 7.03. The van der Waals surface area contributed by atoms with Crippen LogP contribution in [0.3, 0.4) is 0 Å². The molecule has 0 spiro atoms. The lowest BCUT2D eigenvalue weighted by Gasteiger charge is -2.07. The van der Waals surface area contributed by atoms with E-state index < -0.39 is 0 Å². The van der Waals surface area contributed by atoms with Gasteiger partial charge in [0.05, 0.1) is 4.88 Å². The van der Waals surface area contributed by atoms with Gasteiger partial charge in [0.15, 0.2) is 0 Å². The van der Waals surface area contributed by atoms with E-state index in [1.807, 2.05) is 44.4 Å².